The SMILES string of the molecule is O=C(O)CN1CCN(CC(=O)O)CCN(C(CCCC2CCC([N+](=O)[O-])CC2)CN(CC(=O)O)CC(=O)O)CCN(CC(=O)O)CC1. The van der Waals surface area contributed by atoms with Gasteiger partial charge in [-0.25, -0.2) is 0 Å². The van der Waals surface area contributed by atoms with E-state index in [9.17, 15) is 59.6 Å². The molecule has 0 bridgehead atoms. The van der Waals surface area contributed by atoms with Gasteiger partial charge in [0.2, 0.25) is 6.04 Å². The zero-order valence-corrected chi connectivity index (χ0v) is 26.9. The minimum atomic E-state index is -1.19. The Morgan fingerprint density at radius 2 is 1.06 bits per heavy atom. The Kier molecular flexibility index (Phi) is 17.5. The van der Waals surface area contributed by atoms with Gasteiger partial charge in [-0.05, 0) is 25.2 Å². The molecule has 1 aliphatic heterocycles. The van der Waals surface area contributed by atoms with E-state index >= 15 is 0 Å². The summed E-state index contributed by atoms with van der Waals surface area (Å²) in [5.74, 6) is -5.24. The maximum absolute atomic E-state index is 11.7. The molecule has 1 atom stereocenters. The van der Waals surface area contributed by atoms with Crippen LogP contribution in [0.4, 0.5) is 0 Å². The first-order valence-electron chi connectivity index (χ1n) is 16.1. The fourth-order valence-corrected chi connectivity index (χ4v) is 6.51. The lowest BCUT2D eigenvalue weighted by Crippen LogP contribution is -2.53. The Morgan fingerprint density at radius 1 is 0.660 bits per heavy atom. The van der Waals surface area contributed by atoms with Crippen molar-refractivity contribution in [1.82, 2.24) is 24.5 Å². The molecule has 268 valence electrons. The molecule has 18 heteroatoms. The van der Waals surface area contributed by atoms with Gasteiger partial charge >= 0.3 is 29.8 Å². The van der Waals surface area contributed by atoms with Crippen molar-refractivity contribution in [3.63, 3.8) is 0 Å². The van der Waals surface area contributed by atoms with Crippen LogP contribution in [-0.2, 0) is 24.0 Å². The van der Waals surface area contributed by atoms with Crippen molar-refractivity contribution < 1.29 is 54.4 Å². The molecule has 1 heterocycles. The highest BCUT2D eigenvalue weighted by molar-refractivity contribution is 5.72. The lowest BCUT2D eigenvalue weighted by molar-refractivity contribution is -0.527. The van der Waals surface area contributed by atoms with Crippen LogP contribution in [0.5, 0.6) is 0 Å². The van der Waals surface area contributed by atoms with Crippen LogP contribution in [0.25, 0.3) is 0 Å². The van der Waals surface area contributed by atoms with Crippen LogP contribution in [-0.4, -0.2) is 189 Å². The first kappa shape index (κ1) is 39.7. The third-order valence-electron chi connectivity index (χ3n) is 8.92. The molecule has 18 nitrogen and oxygen atoms in total. The Hall–Kier alpha value is -3.45. The van der Waals surface area contributed by atoms with E-state index in [-0.39, 0.29) is 76.4 Å². The molecular weight excluding hydrogens is 624 g/mol. The molecular formula is C29H50N6O12. The lowest BCUT2D eigenvalue weighted by Gasteiger charge is -2.38. The van der Waals surface area contributed by atoms with E-state index in [1.807, 2.05) is 4.90 Å². The normalized spacial score (nSPS) is 22.1. The number of hydrogen-bond acceptors (Lipinski definition) is 12. The summed E-state index contributed by atoms with van der Waals surface area (Å²) in [6.45, 7) is 0.376. The Labute approximate surface area is 273 Å². The van der Waals surface area contributed by atoms with Gasteiger partial charge in [0.25, 0.3) is 0 Å². The first-order valence-corrected chi connectivity index (χ1v) is 16.1. The van der Waals surface area contributed by atoms with E-state index in [1.54, 1.807) is 14.7 Å². The van der Waals surface area contributed by atoms with Crippen molar-refractivity contribution >= 4 is 29.8 Å². The number of nitro groups is 1. The largest absolute Gasteiger partial charge is 0.480 e. The highest BCUT2D eigenvalue weighted by Crippen LogP contribution is 2.30. The highest BCUT2D eigenvalue weighted by atomic mass is 16.6. The van der Waals surface area contributed by atoms with E-state index in [4.69, 9.17) is 0 Å². The molecule has 0 aromatic carbocycles. The maximum Gasteiger partial charge on any atom is 0.317 e. The van der Waals surface area contributed by atoms with Crippen LogP contribution in [0.2, 0.25) is 0 Å². The van der Waals surface area contributed by atoms with Gasteiger partial charge in [0.15, 0.2) is 0 Å². The quantitative estimate of drug-likeness (QED) is 0.0891. The van der Waals surface area contributed by atoms with Crippen molar-refractivity contribution in [2.45, 2.75) is 57.0 Å². The zero-order valence-electron chi connectivity index (χ0n) is 26.9. The van der Waals surface area contributed by atoms with E-state index < -0.39 is 49.0 Å². The number of carbonyl (C=O) groups is 5. The highest BCUT2D eigenvalue weighted by Gasteiger charge is 2.30. The molecule has 0 spiro atoms. The summed E-state index contributed by atoms with van der Waals surface area (Å²) in [4.78, 5) is 77.4. The van der Waals surface area contributed by atoms with Crippen molar-refractivity contribution in [2.24, 2.45) is 5.92 Å². The van der Waals surface area contributed by atoms with Crippen LogP contribution in [0.3, 0.4) is 0 Å². The number of rotatable bonds is 18. The summed E-state index contributed by atoms with van der Waals surface area (Å²) < 4.78 is 0. The summed E-state index contributed by atoms with van der Waals surface area (Å²) in [6, 6.07) is -0.880. The Balaban J connectivity index is 2.31. The minimum absolute atomic E-state index is 0.0942. The zero-order chi connectivity index (χ0) is 34.9. The third-order valence-corrected chi connectivity index (χ3v) is 8.92. The van der Waals surface area contributed by atoms with E-state index in [2.05, 4.69) is 0 Å². The van der Waals surface area contributed by atoms with Crippen LogP contribution < -0.4 is 0 Å². The van der Waals surface area contributed by atoms with E-state index in [1.165, 1.54) is 4.90 Å². The molecule has 1 aliphatic carbocycles. The molecule has 2 fully saturated rings. The molecule has 0 aromatic heterocycles. The van der Waals surface area contributed by atoms with Crippen LogP contribution in [0.15, 0.2) is 0 Å². The van der Waals surface area contributed by atoms with Gasteiger partial charge in [-0.2, -0.15) is 0 Å². The molecule has 1 saturated carbocycles. The van der Waals surface area contributed by atoms with Gasteiger partial charge in [-0.1, -0.05) is 12.8 Å². The number of carboxylic acids is 5. The monoisotopic (exact) mass is 674 g/mol. The second-order valence-corrected chi connectivity index (χ2v) is 12.5. The predicted octanol–water partition coefficient (Wildman–Crippen LogP) is -0.693. The summed E-state index contributed by atoms with van der Waals surface area (Å²) in [7, 11) is 0. The average molecular weight is 675 g/mol. The molecule has 2 aliphatic rings. The second-order valence-electron chi connectivity index (χ2n) is 12.5. The topological polar surface area (TPSA) is 246 Å². The van der Waals surface area contributed by atoms with Crippen molar-refractivity contribution in [3.8, 4) is 0 Å². The van der Waals surface area contributed by atoms with Gasteiger partial charge in [0.05, 0.1) is 32.7 Å². The third kappa shape index (κ3) is 16.8. The Bertz CT molecular complexity index is 1010. The summed E-state index contributed by atoms with van der Waals surface area (Å²) >= 11 is 0. The molecule has 2 rings (SSSR count). The minimum Gasteiger partial charge on any atom is -0.480 e. The van der Waals surface area contributed by atoms with Gasteiger partial charge in [-0.3, -0.25) is 58.6 Å². The van der Waals surface area contributed by atoms with Gasteiger partial charge in [-0.15, -0.1) is 0 Å². The molecule has 0 aromatic rings. The first-order chi connectivity index (χ1) is 22.2. The van der Waals surface area contributed by atoms with E-state index in [0.29, 0.717) is 44.7 Å². The van der Waals surface area contributed by atoms with Gasteiger partial charge in [0.1, 0.15) is 0 Å². The van der Waals surface area contributed by atoms with Crippen LogP contribution >= 0.6 is 0 Å². The van der Waals surface area contributed by atoms with Crippen molar-refractivity contribution in [1.29, 1.82) is 0 Å². The number of hydrogen-bond donors (Lipinski definition) is 5. The van der Waals surface area contributed by atoms with Crippen molar-refractivity contribution in [2.75, 3.05) is 91.6 Å². The number of aliphatic carboxylic acids is 5. The van der Waals surface area contributed by atoms with Crippen LogP contribution in [0, 0.1) is 16.0 Å². The van der Waals surface area contributed by atoms with Crippen LogP contribution in [0.1, 0.15) is 44.9 Å². The van der Waals surface area contributed by atoms with Crippen molar-refractivity contribution in [3.05, 3.63) is 10.1 Å². The maximum atomic E-state index is 11.7. The van der Waals surface area contributed by atoms with Gasteiger partial charge in [0, 0.05) is 82.7 Å². The molecule has 1 saturated heterocycles. The van der Waals surface area contributed by atoms with E-state index in [0.717, 1.165) is 19.3 Å². The smallest absolute Gasteiger partial charge is 0.317 e. The predicted molar refractivity (Wildman–Crippen MR) is 166 cm³/mol. The summed E-state index contributed by atoms with van der Waals surface area (Å²) in [5.41, 5.74) is 0. The summed E-state index contributed by atoms with van der Waals surface area (Å²) in [5, 5.41) is 58.6. The number of nitrogens with zero attached hydrogens (tertiary/aromatic N) is 6. The summed E-state index contributed by atoms with van der Waals surface area (Å²) in [6.07, 6.45) is 4.54. The molecule has 0 amide bonds. The standard InChI is InChI=1S/C29H50N6O12/c36-25(37)17-30-8-10-31(18-26(38)39)12-14-34(15-13-32(11-9-30)19-27(40)41)24(16-33(20-28(42)43)21-29(44)45)3-1-2-22-4-6-23(7-5-22)35(46)47/h22-24H,1-21H2,(H,36,37)(H,38,39)(H,40,41)(H,42,43)(H,44,45). The molecule has 5 N–H and O–H groups in total. The number of carboxylic acid groups (broad SMARTS) is 5. The Morgan fingerprint density at radius 3 is 1.43 bits per heavy atom. The molecule has 1 unspecified atom stereocenters. The average Bonchev–Trinajstić information content (AvgIpc) is 2.95. The fraction of sp³-hybridized carbons (Fsp3) is 0.828. The lowest BCUT2D eigenvalue weighted by atomic mass is 9.83. The van der Waals surface area contributed by atoms with Gasteiger partial charge < -0.3 is 25.5 Å². The molecule has 47 heavy (non-hydrogen) atoms. The second kappa shape index (κ2) is 20.7. The fourth-order valence-electron chi connectivity index (χ4n) is 6.51. The molecule has 0 radical (unpaired) electrons.